The zero-order valence-electron chi connectivity index (χ0n) is 16.4. The van der Waals surface area contributed by atoms with Crippen LogP contribution in [0.25, 0.3) is 33.5 Å². The maximum Gasteiger partial charge on any atom is 0.255 e. The summed E-state index contributed by atoms with van der Waals surface area (Å²) in [7, 11) is 1.85. The monoisotopic (exact) mass is 412 g/mol. The molecular weight excluding hydrogens is 392 g/mol. The molecule has 1 aromatic carbocycles. The Labute approximate surface area is 172 Å². The average Bonchev–Trinajstić information content (AvgIpc) is 3.27. The van der Waals surface area contributed by atoms with Crippen LogP contribution in [-0.4, -0.2) is 49.9 Å². The molecule has 0 aliphatic carbocycles. The van der Waals surface area contributed by atoms with Gasteiger partial charge in [0.15, 0.2) is 5.65 Å². The first-order chi connectivity index (χ1) is 14.0. The standard InChI is InChI=1S/C20H21ClN6O2/c1-4-29-10-11(2)24-20(28)14-8-22-19-18(14)25-15(9-23-19)17-13-6-5-12(21)7-16(13)27(3)26-17/h5-9,11H,4,10H2,1-3H3,(H,22,23)(H,24,28)/t11-/m0/s1. The Morgan fingerprint density at radius 2 is 2.24 bits per heavy atom. The molecule has 0 spiro atoms. The first-order valence-corrected chi connectivity index (χ1v) is 9.71. The number of benzene rings is 1. The molecule has 3 heterocycles. The lowest BCUT2D eigenvalue weighted by molar-refractivity contribution is 0.0873. The van der Waals surface area contributed by atoms with E-state index in [1.165, 1.54) is 0 Å². The van der Waals surface area contributed by atoms with Gasteiger partial charge in [0.1, 0.15) is 16.9 Å². The van der Waals surface area contributed by atoms with Crippen LogP contribution in [-0.2, 0) is 11.8 Å². The van der Waals surface area contributed by atoms with Crippen molar-refractivity contribution < 1.29 is 9.53 Å². The van der Waals surface area contributed by atoms with E-state index in [0.717, 1.165) is 10.9 Å². The number of aromatic amines is 1. The molecule has 3 aromatic heterocycles. The number of carbonyl (C=O) groups is 1. The summed E-state index contributed by atoms with van der Waals surface area (Å²) < 4.78 is 7.11. The molecule has 0 saturated carbocycles. The lowest BCUT2D eigenvalue weighted by Crippen LogP contribution is -2.35. The number of ether oxygens (including phenoxy) is 1. The van der Waals surface area contributed by atoms with Crippen molar-refractivity contribution >= 4 is 39.6 Å². The van der Waals surface area contributed by atoms with E-state index >= 15 is 0 Å². The molecule has 29 heavy (non-hydrogen) atoms. The van der Waals surface area contributed by atoms with Gasteiger partial charge in [0.25, 0.3) is 5.91 Å². The number of hydrogen-bond donors (Lipinski definition) is 2. The third-order valence-electron chi connectivity index (χ3n) is 4.63. The second kappa shape index (κ2) is 7.81. The molecule has 8 nitrogen and oxygen atoms in total. The minimum absolute atomic E-state index is 0.118. The number of halogens is 1. The molecule has 1 amide bonds. The molecule has 0 unspecified atom stereocenters. The van der Waals surface area contributed by atoms with Crippen molar-refractivity contribution in [3.8, 4) is 11.4 Å². The van der Waals surface area contributed by atoms with E-state index in [-0.39, 0.29) is 11.9 Å². The van der Waals surface area contributed by atoms with Crippen LogP contribution in [0, 0.1) is 0 Å². The lowest BCUT2D eigenvalue weighted by Gasteiger charge is -2.13. The van der Waals surface area contributed by atoms with Crippen molar-refractivity contribution in [1.29, 1.82) is 0 Å². The highest BCUT2D eigenvalue weighted by Crippen LogP contribution is 2.29. The fraction of sp³-hybridized carbons (Fsp3) is 0.300. The summed E-state index contributed by atoms with van der Waals surface area (Å²) in [6.07, 6.45) is 3.27. The molecule has 0 aliphatic rings. The lowest BCUT2D eigenvalue weighted by atomic mass is 10.1. The number of H-pyrrole nitrogens is 1. The van der Waals surface area contributed by atoms with Gasteiger partial charge in [-0.05, 0) is 32.0 Å². The predicted octanol–water partition coefficient (Wildman–Crippen LogP) is 3.32. The van der Waals surface area contributed by atoms with Crippen molar-refractivity contribution in [3.05, 3.63) is 41.2 Å². The molecule has 4 aromatic rings. The molecule has 1 atom stereocenters. The molecule has 0 bridgehead atoms. The van der Waals surface area contributed by atoms with Gasteiger partial charge in [-0.3, -0.25) is 9.48 Å². The third kappa shape index (κ3) is 3.68. The van der Waals surface area contributed by atoms with E-state index in [2.05, 4.69) is 25.4 Å². The van der Waals surface area contributed by atoms with E-state index < -0.39 is 0 Å². The number of aryl methyl sites for hydroxylation is 1. The molecule has 9 heteroatoms. The van der Waals surface area contributed by atoms with E-state index in [0.29, 0.717) is 46.4 Å². The van der Waals surface area contributed by atoms with Crippen LogP contribution in [0.2, 0.25) is 5.02 Å². The van der Waals surface area contributed by atoms with Gasteiger partial charge in [-0.1, -0.05) is 11.6 Å². The zero-order chi connectivity index (χ0) is 20.5. The highest BCUT2D eigenvalue weighted by molar-refractivity contribution is 6.31. The Kier molecular flexibility index (Phi) is 5.21. The van der Waals surface area contributed by atoms with Crippen molar-refractivity contribution in [2.75, 3.05) is 13.2 Å². The molecule has 0 saturated heterocycles. The minimum Gasteiger partial charge on any atom is -0.380 e. The topological polar surface area (TPSA) is 97.7 Å². The average molecular weight is 413 g/mol. The number of amides is 1. The molecule has 0 radical (unpaired) electrons. The fourth-order valence-electron chi connectivity index (χ4n) is 3.24. The summed E-state index contributed by atoms with van der Waals surface area (Å²) in [5.41, 5.74) is 3.63. The van der Waals surface area contributed by atoms with Gasteiger partial charge < -0.3 is 15.0 Å². The number of nitrogens with one attached hydrogen (secondary N) is 2. The summed E-state index contributed by atoms with van der Waals surface area (Å²) in [6, 6.07) is 5.46. The molecule has 2 N–H and O–H groups in total. The van der Waals surface area contributed by atoms with Gasteiger partial charge in [0.05, 0.1) is 23.9 Å². The number of rotatable bonds is 6. The highest BCUT2D eigenvalue weighted by Gasteiger charge is 2.19. The largest absolute Gasteiger partial charge is 0.380 e. The Morgan fingerprint density at radius 1 is 1.41 bits per heavy atom. The summed E-state index contributed by atoms with van der Waals surface area (Å²) >= 11 is 6.11. The molecular formula is C20H21ClN6O2. The van der Waals surface area contributed by atoms with Gasteiger partial charge in [0, 0.05) is 36.3 Å². The van der Waals surface area contributed by atoms with Crippen molar-refractivity contribution in [2.24, 2.45) is 7.05 Å². The quantitative estimate of drug-likeness (QED) is 0.506. The summed E-state index contributed by atoms with van der Waals surface area (Å²) in [6.45, 7) is 4.86. The van der Waals surface area contributed by atoms with Crippen molar-refractivity contribution in [3.63, 3.8) is 0 Å². The van der Waals surface area contributed by atoms with Crippen LogP contribution in [0.1, 0.15) is 24.2 Å². The highest BCUT2D eigenvalue weighted by atomic mass is 35.5. The Bertz CT molecular complexity index is 1200. The van der Waals surface area contributed by atoms with E-state index in [1.54, 1.807) is 17.1 Å². The van der Waals surface area contributed by atoms with E-state index in [9.17, 15) is 4.79 Å². The van der Waals surface area contributed by atoms with Crippen LogP contribution in [0.4, 0.5) is 0 Å². The van der Waals surface area contributed by atoms with Gasteiger partial charge in [-0.25, -0.2) is 9.97 Å². The summed E-state index contributed by atoms with van der Waals surface area (Å²) in [5.74, 6) is -0.229. The second-order valence-corrected chi connectivity index (χ2v) is 7.26. The van der Waals surface area contributed by atoms with Crippen LogP contribution in [0.5, 0.6) is 0 Å². The maximum absolute atomic E-state index is 12.7. The smallest absolute Gasteiger partial charge is 0.255 e. The molecule has 0 aliphatic heterocycles. The number of nitrogens with zero attached hydrogens (tertiary/aromatic N) is 4. The van der Waals surface area contributed by atoms with Crippen molar-refractivity contribution in [2.45, 2.75) is 19.9 Å². The van der Waals surface area contributed by atoms with Crippen molar-refractivity contribution in [1.82, 2.24) is 30.0 Å². The number of fused-ring (bicyclic) bond motifs is 2. The number of carbonyl (C=O) groups excluding carboxylic acids is 1. The van der Waals surface area contributed by atoms with Gasteiger partial charge in [0.2, 0.25) is 0 Å². The first-order valence-electron chi connectivity index (χ1n) is 9.33. The second-order valence-electron chi connectivity index (χ2n) is 6.82. The van der Waals surface area contributed by atoms with Crippen LogP contribution < -0.4 is 5.32 Å². The predicted molar refractivity (Wildman–Crippen MR) is 112 cm³/mol. The van der Waals surface area contributed by atoms with E-state index in [1.807, 2.05) is 39.1 Å². The van der Waals surface area contributed by atoms with Gasteiger partial charge in [-0.15, -0.1) is 0 Å². The summed E-state index contributed by atoms with van der Waals surface area (Å²) in [4.78, 5) is 24.8. The number of hydrogen-bond acceptors (Lipinski definition) is 5. The fourth-order valence-corrected chi connectivity index (χ4v) is 3.40. The Hall–Kier alpha value is -2.97. The minimum atomic E-state index is -0.229. The molecule has 4 rings (SSSR count). The van der Waals surface area contributed by atoms with E-state index in [4.69, 9.17) is 16.3 Å². The Morgan fingerprint density at radius 3 is 3.03 bits per heavy atom. The molecule has 0 fully saturated rings. The number of aromatic nitrogens is 5. The van der Waals surface area contributed by atoms with Crippen LogP contribution >= 0.6 is 11.6 Å². The normalized spacial score (nSPS) is 12.6. The SMILES string of the molecule is CCOC[C@H](C)NC(=O)c1c[nH]c2ncc(-c3nn(C)c4cc(Cl)ccc34)nc12. The van der Waals surface area contributed by atoms with Gasteiger partial charge in [-0.2, -0.15) is 5.10 Å². The maximum atomic E-state index is 12.7. The van der Waals surface area contributed by atoms with Gasteiger partial charge >= 0.3 is 0 Å². The molecule has 150 valence electrons. The summed E-state index contributed by atoms with van der Waals surface area (Å²) in [5, 5.41) is 9.05. The van der Waals surface area contributed by atoms with Crippen LogP contribution in [0.15, 0.2) is 30.6 Å². The first kappa shape index (κ1) is 19.4. The zero-order valence-corrected chi connectivity index (χ0v) is 17.1. The third-order valence-corrected chi connectivity index (χ3v) is 4.87. The Balaban J connectivity index is 1.72. The van der Waals surface area contributed by atoms with Crippen LogP contribution in [0.3, 0.4) is 0 Å².